The topological polar surface area (TPSA) is 53.1 Å². The van der Waals surface area contributed by atoms with Crippen molar-refractivity contribution >= 4 is 17.7 Å². The summed E-state index contributed by atoms with van der Waals surface area (Å²) < 4.78 is 19.7. The Balaban J connectivity index is 1.16. The fourth-order valence-electron chi connectivity index (χ4n) is 7.65. The molecule has 2 aliphatic carbocycles. The molecule has 2 saturated heterocycles. The fourth-order valence-corrected chi connectivity index (χ4v) is 7.65. The molecule has 7 heteroatoms. The lowest BCUT2D eigenvalue weighted by molar-refractivity contribution is -0.124. The van der Waals surface area contributed by atoms with Crippen LogP contribution in [0, 0.1) is 17.7 Å². The van der Waals surface area contributed by atoms with Gasteiger partial charge in [0.15, 0.2) is 0 Å². The second-order valence-electron chi connectivity index (χ2n) is 11.5. The van der Waals surface area contributed by atoms with E-state index in [9.17, 15) is 14.0 Å². The normalized spacial score (nSPS) is 30.2. The number of benzene rings is 1. The number of rotatable bonds is 3. The van der Waals surface area contributed by atoms with Gasteiger partial charge in [-0.3, -0.25) is 4.79 Å². The van der Waals surface area contributed by atoms with Gasteiger partial charge in [-0.15, -0.1) is 0 Å². The molecule has 3 heterocycles. The average Bonchev–Trinajstić information content (AvgIpc) is 3.38. The molecular weight excluding hydrogens is 445 g/mol. The van der Waals surface area contributed by atoms with Crippen LogP contribution >= 0.6 is 0 Å². The summed E-state index contributed by atoms with van der Waals surface area (Å²) in [6.45, 7) is 5.72. The molecule has 1 aromatic rings. The van der Waals surface area contributed by atoms with Gasteiger partial charge in [-0.25, -0.2) is 9.18 Å². The molecule has 1 aromatic carbocycles. The van der Waals surface area contributed by atoms with Crippen molar-refractivity contribution < 1.29 is 18.7 Å². The number of anilines is 1. The van der Waals surface area contributed by atoms with Crippen LogP contribution in [0.4, 0.5) is 14.9 Å². The number of hydrogen-bond acceptors (Lipinski definition) is 4. The first-order chi connectivity index (χ1) is 17.0. The standard InChI is InChI=1S/C28H38FN3O3/c1-2-35-27(34)31-12-4-7-20-15-22(17-25(20)31)30-13-10-28(11-14-30)18-32(26(33)19-5-3-6-19)24-9-8-21(29)16-23(24)28/h8-9,16,19-20,22,25H,2-7,10-15,17-18H2,1H3. The number of ether oxygens (including phenoxy) is 1. The van der Waals surface area contributed by atoms with Crippen LogP contribution in [0.15, 0.2) is 18.2 Å². The first kappa shape index (κ1) is 23.3. The third kappa shape index (κ3) is 3.94. The molecule has 5 aliphatic rings. The summed E-state index contributed by atoms with van der Waals surface area (Å²) in [4.78, 5) is 32.3. The van der Waals surface area contributed by atoms with Gasteiger partial charge < -0.3 is 19.4 Å². The molecule has 6 rings (SSSR count). The van der Waals surface area contributed by atoms with E-state index in [-0.39, 0.29) is 29.2 Å². The van der Waals surface area contributed by atoms with Gasteiger partial charge in [-0.1, -0.05) is 6.42 Å². The van der Waals surface area contributed by atoms with E-state index >= 15 is 0 Å². The molecular formula is C28H38FN3O3. The molecule has 3 unspecified atom stereocenters. The minimum atomic E-state index is -0.206. The van der Waals surface area contributed by atoms with E-state index in [1.807, 2.05) is 22.8 Å². The Hall–Kier alpha value is -2.15. The van der Waals surface area contributed by atoms with Gasteiger partial charge in [-0.2, -0.15) is 0 Å². The number of carbonyl (C=O) groups is 2. The van der Waals surface area contributed by atoms with Gasteiger partial charge in [0, 0.05) is 42.2 Å². The number of hydrogen-bond donors (Lipinski definition) is 0. The third-order valence-electron chi connectivity index (χ3n) is 9.78. The number of likely N-dealkylation sites (tertiary alicyclic amines) is 2. The van der Waals surface area contributed by atoms with Gasteiger partial charge >= 0.3 is 6.09 Å². The van der Waals surface area contributed by atoms with Gasteiger partial charge in [0.25, 0.3) is 0 Å². The van der Waals surface area contributed by atoms with Crippen LogP contribution < -0.4 is 4.90 Å². The van der Waals surface area contributed by atoms with Crippen molar-refractivity contribution in [1.82, 2.24) is 9.80 Å². The first-order valence-electron chi connectivity index (χ1n) is 13.8. The monoisotopic (exact) mass is 483 g/mol. The van der Waals surface area contributed by atoms with Gasteiger partial charge in [0.05, 0.1) is 6.61 Å². The van der Waals surface area contributed by atoms with Gasteiger partial charge in [-0.05, 0) is 101 Å². The Morgan fingerprint density at radius 2 is 1.89 bits per heavy atom. The molecule has 0 aromatic heterocycles. The van der Waals surface area contributed by atoms with Crippen molar-refractivity contribution in [1.29, 1.82) is 0 Å². The Labute approximate surface area is 207 Å². The Bertz CT molecular complexity index is 988. The summed E-state index contributed by atoms with van der Waals surface area (Å²) >= 11 is 0. The van der Waals surface area contributed by atoms with Crippen LogP contribution in [0.1, 0.15) is 70.3 Å². The Kier molecular flexibility index (Phi) is 6.02. The zero-order chi connectivity index (χ0) is 24.2. The number of carbonyl (C=O) groups excluding carboxylic acids is 2. The smallest absolute Gasteiger partial charge is 0.410 e. The maximum atomic E-state index is 14.4. The lowest BCUT2D eigenvalue weighted by Gasteiger charge is -2.42. The number of nitrogens with zero attached hydrogens (tertiary/aromatic N) is 3. The van der Waals surface area contributed by atoms with Crippen LogP contribution in [0.5, 0.6) is 0 Å². The number of piperidine rings is 2. The molecule has 4 fully saturated rings. The highest BCUT2D eigenvalue weighted by molar-refractivity contribution is 5.98. The largest absolute Gasteiger partial charge is 0.450 e. The van der Waals surface area contributed by atoms with E-state index in [1.165, 1.54) is 12.5 Å². The van der Waals surface area contributed by atoms with Crippen molar-refractivity contribution in [2.45, 2.75) is 82.2 Å². The third-order valence-corrected chi connectivity index (χ3v) is 9.78. The molecule has 190 valence electrons. The van der Waals surface area contributed by atoms with E-state index in [0.717, 1.165) is 82.3 Å². The maximum absolute atomic E-state index is 14.4. The summed E-state index contributed by atoms with van der Waals surface area (Å²) in [5.74, 6) is 0.739. The highest BCUT2D eigenvalue weighted by Crippen LogP contribution is 2.50. The highest BCUT2D eigenvalue weighted by Gasteiger charge is 2.50. The molecule has 3 atom stereocenters. The number of fused-ring (bicyclic) bond motifs is 3. The molecule has 1 spiro atoms. The molecule has 0 radical (unpaired) electrons. The number of halogens is 1. The van der Waals surface area contributed by atoms with Crippen molar-refractivity contribution in [3.05, 3.63) is 29.6 Å². The van der Waals surface area contributed by atoms with E-state index in [0.29, 0.717) is 31.2 Å². The highest BCUT2D eigenvalue weighted by atomic mass is 19.1. The summed E-state index contributed by atoms with van der Waals surface area (Å²) in [6.07, 6.45) is 9.27. The van der Waals surface area contributed by atoms with Crippen molar-refractivity contribution in [3.8, 4) is 0 Å². The fraction of sp³-hybridized carbons (Fsp3) is 0.714. The van der Waals surface area contributed by atoms with Gasteiger partial charge in [0.2, 0.25) is 5.91 Å². The summed E-state index contributed by atoms with van der Waals surface area (Å²) in [6, 6.07) is 5.80. The minimum Gasteiger partial charge on any atom is -0.450 e. The zero-order valence-electron chi connectivity index (χ0n) is 20.9. The van der Waals surface area contributed by atoms with Crippen molar-refractivity contribution in [2.75, 3.05) is 37.7 Å². The predicted octanol–water partition coefficient (Wildman–Crippen LogP) is 4.71. The van der Waals surface area contributed by atoms with E-state index in [4.69, 9.17) is 4.74 Å². The summed E-state index contributed by atoms with van der Waals surface area (Å²) in [7, 11) is 0. The molecule has 0 N–H and O–H groups in total. The lowest BCUT2D eigenvalue weighted by atomic mass is 9.74. The second kappa shape index (κ2) is 9.06. The van der Waals surface area contributed by atoms with Crippen molar-refractivity contribution in [2.24, 2.45) is 11.8 Å². The maximum Gasteiger partial charge on any atom is 0.410 e. The molecule has 35 heavy (non-hydrogen) atoms. The lowest BCUT2D eigenvalue weighted by Crippen LogP contribution is -2.50. The quantitative estimate of drug-likeness (QED) is 0.625. The summed E-state index contributed by atoms with van der Waals surface area (Å²) in [5, 5.41) is 0. The molecule has 3 aliphatic heterocycles. The van der Waals surface area contributed by atoms with Crippen LogP contribution in [0.3, 0.4) is 0 Å². The van der Waals surface area contributed by atoms with Crippen LogP contribution in [0.2, 0.25) is 0 Å². The van der Waals surface area contributed by atoms with Crippen LogP contribution in [0.25, 0.3) is 0 Å². The SMILES string of the molecule is CCOC(=O)N1CCCC2CC(N3CCC4(CC3)CN(C(=O)C3CCC3)c3ccc(F)cc34)CC21. The minimum absolute atomic E-state index is 0.143. The van der Waals surface area contributed by atoms with Crippen molar-refractivity contribution in [3.63, 3.8) is 0 Å². The van der Waals surface area contributed by atoms with E-state index in [2.05, 4.69) is 4.90 Å². The molecule has 6 nitrogen and oxygen atoms in total. The Morgan fingerprint density at radius 3 is 2.60 bits per heavy atom. The molecule has 2 amide bonds. The molecule has 0 bridgehead atoms. The Morgan fingerprint density at radius 1 is 1.09 bits per heavy atom. The van der Waals surface area contributed by atoms with E-state index < -0.39 is 0 Å². The van der Waals surface area contributed by atoms with Gasteiger partial charge in [0.1, 0.15) is 5.82 Å². The predicted molar refractivity (Wildman–Crippen MR) is 132 cm³/mol. The van der Waals surface area contributed by atoms with Crippen LogP contribution in [-0.2, 0) is 14.9 Å². The number of amides is 2. The molecule has 2 saturated carbocycles. The summed E-state index contributed by atoms with van der Waals surface area (Å²) in [5.41, 5.74) is 1.84. The average molecular weight is 484 g/mol. The van der Waals surface area contributed by atoms with Crippen LogP contribution in [-0.4, -0.2) is 66.7 Å². The zero-order valence-corrected chi connectivity index (χ0v) is 20.9. The second-order valence-corrected chi connectivity index (χ2v) is 11.5. The first-order valence-corrected chi connectivity index (χ1v) is 13.8. The van der Waals surface area contributed by atoms with E-state index in [1.54, 1.807) is 6.07 Å².